The Morgan fingerprint density at radius 1 is 1.16 bits per heavy atom. The average molecular weight is 447 g/mol. The van der Waals surface area contributed by atoms with Gasteiger partial charge in [0.2, 0.25) is 0 Å². The van der Waals surface area contributed by atoms with Crippen molar-refractivity contribution in [3.8, 4) is 28.7 Å². The maximum absolute atomic E-state index is 14.4. The van der Waals surface area contributed by atoms with Gasteiger partial charge in [0, 0.05) is 23.5 Å². The van der Waals surface area contributed by atoms with Crippen molar-refractivity contribution >= 4 is 22.4 Å². The SMILES string of the molecule is Cc1cccc(-c2nc(NC(=O)c3cn(C(C)C)nc3-c3ccccc3F)sc2C#N)n1. The number of carbonyl (C=O) groups excluding carboxylic acids is 1. The van der Waals surface area contributed by atoms with Gasteiger partial charge in [0.25, 0.3) is 5.91 Å². The van der Waals surface area contributed by atoms with Crippen LogP contribution in [0.2, 0.25) is 0 Å². The number of nitrogens with zero attached hydrogens (tertiary/aromatic N) is 5. The zero-order chi connectivity index (χ0) is 22.8. The number of nitriles is 1. The summed E-state index contributed by atoms with van der Waals surface area (Å²) in [5.74, 6) is -0.957. The standard InChI is InChI=1S/C23H19FN6OS/c1-13(2)30-12-16(20(29-30)15-8-4-5-9-17(15)24)22(31)28-23-27-21(19(11-25)32-23)18-10-6-7-14(3)26-18/h4-10,12-13H,1-3H3,(H,27,28,31). The highest BCUT2D eigenvalue weighted by Crippen LogP contribution is 2.31. The van der Waals surface area contributed by atoms with Crippen LogP contribution in [0.5, 0.6) is 0 Å². The Kier molecular flexibility index (Phi) is 5.79. The second kappa shape index (κ2) is 8.69. The van der Waals surface area contributed by atoms with Crippen molar-refractivity contribution in [1.29, 1.82) is 5.26 Å². The van der Waals surface area contributed by atoms with E-state index in [1.54, 1.807) is 35.1 Å². The number of aromatic nitrogens is 4. The number of anilines is 1. The molecule has 0 aliphatic heterocycles. The lowest BCUT2D eigenvalue weighted by Gasteiger charge is -2.04. The zero-order valence-electron chi connectivity index (χ0n) is 17.6. The van der Waals surface area contributed by atoms with Crippen molar-refractivity contribution in [1.82, 2.24) is 19.7 Å². The number of hydrogen-bond donors (Lipinski definition) is 1. The third kappa shape index (κ3) is 4.13. The summed E-state index contributed by atoms with van der Waals surface area (Å²) in [5, 5.41) is 16.9. The first-order valence-electron chi connectivity index (χ1n) is 9.87. The summed E-state index contributed by atoms with van der Waals surface area (Å²) >= 11 is 1.06. The Morgan fingerprint density at radius 3 is 2.62 bits per heavy atom. The van der Waals surface area contributed by atoms with E-state index in [0.29, 0.717) is 16.3 Å². The molecule has 32 heavy (non-hydrogen) atoms. The van der Waals surface area contributed by atoms with Gasteiger partial charge in [-0.15, -0.1) is 0 Å². The van der Waals surface area contributed by atoms with Gasteiger partial charge in [-0.05, 0) is 45.0 Å². The summed E-state index contributed by atoms with van der Waals surface area (Å²) in [5.41, 5.74) is 2.44. The molecule has 0 unspecified atom stereocenters. The number of aryl methyl sites for hydroxylation is 1. The molecule has 1 aromatic carbocycles. The van der Waals surface area contributed by atoms with Gasteiger partial charge in [0.15, 0.2) is 5.13 Å². The number of carbonyl (C=O) groups is 1. The Hall–Kier alpha value is -3.90. The summed E-state index contributed by atoms with van der Waals surface area (Å²) in [4.78, 5) is 22.3. The highest BCUT2D eigenvalue weighted by Gasteiger charge is 2.23. The van der Waals surface area contributed by atoms with Crippen LogP contribution in [0.3, 0.4) is 0 Å². The third-order valence-corrected chi connectivity index (χ3v) is 5.59. The van der Waals surface area contributed by atoms with Gasteiger partial charge in [0.1, 0.15) is 28.2 Å². The minimum atomic E-state index is -0.489. The summed E-state index contributed by atoms with van der Waals surface area (Å²) < 4.78 is 16.1. The summed E-state index contributed by atoms with van der Waals surface area (Å²) in [6.45, 7) is 5.68. The Morgan fingerprint density at radius 2 is 1.94 bits per heavy atom. The van der Waals surface area contributed by atoms with Crippen molar-refractivity contribution in [3.63, 3.8) is 0 Å². The van der Waals surface area contributed by atoms with Crippen LogP contribution >= 0.6 is 11.3 Å². The molecule has 0 bridgehead atoms. The highest BCUT2D eigenvalue weighted by molar-refractivity contribution is 7.16. The molecule has 3 aromatic heterocycles. The van der Waals surface area contributed by atoms with E-state index in [1.165, 1.54) is 6.07 Å². The molecule has 0 spiro atoms. The maximum atomic E-state index is 14.4. The van der Waals surface area contributed by atoms with Crippen molar-refractivity contribution in [2.45, 2.75) is 26.8 Å². The molecule has 0 saturated carbocycles. The molecule has 3 heterocycles. The molecule has 1 amide bonds. The number of hydrogen-bond acceptors (Lipinski definition) is 6. The van der Waals surface area contributed by atoms with Crippen LogP contribution in [-0.4, -0.2) is 25.7 Å². The molecule has 0 aliphatic rings. The van der Waals surface area contributed by atoms with Crippen LogP contribution in [0.4, 0.5) is 9.52 Å². The van der Waals surface area contributed by atoms with Gasteiger partial charge in [0.05, 0.1) is 11.3 Å². The molecule has 160 valence electrons. The fourth-order valence-corrected chi connectivity index (χ4v) is 3.90. The van der Waals surface area contributed by atoms with E-state index in [-0.39, 0.29) is 28.0 Å². The zero-order valence-corrected chi connectivity index (χ0v) is 18.4. The number of halogens is 1. The predicted molar refractivity (Wildman–Crippen MR) is 121 cm³/mol. The van der Waals surface area contributed by atoms with Crippen LogP contribution in [0, 0.1) is 24.1 Å². The molecule has 4 aromatic rings. The number of benzene rings is 1. The van der Waals surface area contributed by atoms with Crippen LogP contribution < -0.4 is 5.32 Å². The van der Waals surface area contributed by atoms with E-state index < -0.39 is 11.7 Å². The molecular weight excluding hydrogens is 427 g/mol. The van der Waals surface area contributed by atoms with E-state index in [0.717, 1.165) is 17.0 Å². The van der Waals surface area contributed by atoms with Crippen LogP contribution in [-0.2, 0) is 0 Å². The normalized spacial score (nSPS) is 10.9. The van der Waals surface area contributed by atoms with Crippen molar-refractivity contribution < 1.29 is 9.18 Å². The van der Waals surface area contributed by atoms with Gasteiger partial charge in [-0.3, -0.25) is 19.8 Å². The van der Waals surface area contributed by atoms with E-state index in [2.05, 4.69) is 26.5 Å². The molecule has 1 N–H and O–H groups in total. The first kappa shape index (κ1) is 21.3. The number of nitrogens with one attached hydrogen (secondary N) is 1. The number of rotatable bonds is 5. The van der Waals surface area contributed by atoms with Crippen molar-refractivity contribution in [2.75, 3.05) is 5.32 Å². The van der Waals surface area contributed by atoms with E-state index in [1.807, 2.05) is 32.9 Å². The number of amides is 1. The van der Waals surface area contributed by atoms with Crippen LogP contribution in [0.15, 0.2) is 48.7 Å². The Balaban J connectivity index is 1.71. The summed E-state index contributed by atoms with van der Waals surface area (Å²) in [7, 11) is 0. The predicted octanol–water partition coefficient (Wildman–Crippen LogP) is 5.22. The number of pyridine rings is 1. The Labute approximate surface area is 188 Å². The fraction of sp³-hybridized carbons (Fsp3) is 0.174. The lowest BCUT2D eigenvalue weighted by Crippen LogP contribution is -2.12. The molecule has 7 nitrogen and oxygen atoms in total. The van der Waals surface area contributed by atoms with Gasteiger partial charge in [-0.2, -0.15) is 10.4 Å². The Bertz CT molecular complexity index is 1350. The van der Waals surface area contributed by atoms with Gasteiger partial charge >= 0.3 is 0 Å². The van der Waals surface area contributed by atoms with Gasteiger partial charge in [-0.25, -0.2) is 9.37 Å². The lowest BCUT2D eigenvalue weighted by molar-refractivity contribution is 0.102. The third-order valence-electron chi connectivity index (χ3n) is 4.71. The molecule has 0 atom stereocenters. The average Bonchev–Trinajstić information content (AvgIpc) is 3.39. The quantitative estimate of drug-likeness (QED) is 0.453. The molecule has 9 heteroatoms. The monoisotopic (exact) mass is 446 g/mol. The first-order chi connectivity index (χ1) is 15.4. The molecule has 0 saturated heterocycles. The van der Waals surface area contributed by atoms with E-state index in [4.69, 9.17) is 0 Å². The molecular formula is C23H19FN6OS. The maximum Gasteiger partial charge on any atom is 0.261 e. The molecule has 0 fully saturated rings. The van der Waals surface area contributed by atoms with Crippen LogP contribution in [0.25, 0.3) is 22.6 Å². The van der Waals surface area contributed by atoms with Gasteiger partial charge < -0.3 is 0 Å². The van der Waals surface area contributed by atoms with E-state index >= 15 is 0 Å². The van der Waals surface area contributed by atoms with E-state index in [9.17, 15) is 14.4 Å². The minimum absolute atomic E-state index is 0.0221. The fourth-order valence-electron chi connectivity index (χ4n) is 3.14. The molecule has 4 rings (SSSR count). The second-order valence-corrected chi connectivity index (χ2v) is 8.37. The van der Waals surface area contributed by atoms with Gasteiger partial charge in [-0.1, -0.05) is 29.5 Å². The second-order valence-electron chi connectivity index (χ2n) is 7.37. The number of thiazole rings is 1. The summed E-state index contributed by atoms with van der Waals surface area (Å²) in [6, 6.07) is 13.7. The first-order valence-corrected chi connectivity index (χ1v) is 10.7. The summed E-state index contributed by atoms with van der Waals surface area (Å²) in [6.07, 6.45) is 1.59. The minimum Gasteiger partial charge on any atom is -0.298 e. The molecule has 0 radical (unpaired) electrons. The van der Waals surface area contributed by atoms with Crippen molar-refractivity contribution in [2.24, 2.45) is 0 Å². The highest BCUT2D eigenvalue weighted by atomic mass is 32.1. The lowest BCUT2D eigenvalue weighted by atomic mass is 10.1. The van der Waals surface area contributed by atoms with Crippen LogP contribution in [0.1, 0.15) is 40.8 Å². The largest absolute Gasteiger partial charge is 0.298 e. The smallest absolute Gasteiger partial charge is 0.261 e. The topological polar surface area (TPSA) is 96.5 Å². The van der Waals surface area contributed by atoms with Crippen molar-refractivity contribution in [3.05, 3.63) is 70.6 Å². The molecule has 0 aliphatic carbocycles.